The number of hydrogen-bond donors (Lipinski definition) is 1. The molecule has 0 aliphatic heterocycles. The molecule has 2 aromatic rings. The van der Waals surface area contributed by atoms with Crippen LogP contribution >= 0.6 is 0 Å². The fourth-order valence-corrected chi connectivity index (χ4v) is 2.54. The van der Waals surface area contributed by atoms with Crippen molar-refractivity contribution >= 4 is 11.7 Å². The first-order chi connectivity index (χ1) is 10.3. The highest BCUT2D eigenvalue weighted by molar-refractivity contribution is 5.91. The lowest BCUT2D eigenvalue weighted by atomic mass is 10.2. The predicted molar refractivity (Wildman–Crippen MR) is 75.9 cm³/mol. The molecule has 1 saturated carbocycles. The summed E-state index contributed by atoms with van der Waals surface area (Å²) in [7, 11) is 0. The number of rotatable bonds is 5. The van der Waals surface area contributed by atoms with Gasteiger partial charge in [-0.05, 0) is 12.8 Å². The van der Waals surface area contributed by atoms with E-state index in [4.69, 9.17) is 4.74 Å². The lowest BCUT2D eigenvalue weighted by Crippen LogP contribution is -2.23. The third-order valence-electron chi connectivity index (χ3n) is 3.51. The highest BCUT2D eigenvalue weighted by atomic mass is 16.5. The van der Waals surface area contributed by atoms with E-state index in [1.807, 2.05) is 4.68 Å². The van der Waals surface area contributed by atoms with E-state index < -0.39 is 0 Å². The fourth-order valence-electron chi connectivity index (χ4n) is 2.54. The van der Waals surface area contributed by atoms with Crippen LogP contribution in [0.2, 0.25) is 0 Å². The van der Waals surface area contributed by atoms with Gasteiger partial charge in [-0.3, -0.25) is 4.79 Å². The van der Waals surface area contributed by atoms with Gasteiger partial charge in [0.2, 0.25) is 5.88 Å². The summed E-state index contributed by atoms with van der Waals surface area (Å²) in [6.45, 7) is -0.0904. The normalized spacial score (nSPS) is 15.0. The molecule has 21 heavy (non-hydrogen) atoms. The molecule has 7 heteroatoms. The van der Waals surface area contributed by atoms with Crippen LogP contribution in [-0.4, -0.2) is 32.3 Å². The molecule has 7 nitrogen and oxygen atoms in total. The Balaban J connectivity index is 1.56. The standard InChI is InChI=1S/C14H17N5O2/c20-13(9-21-14-6-7-15-10-16-14)18-12-5-8-17-19(12)11-3-1-2-4-11/h5-8,10-11H,1-4,9H2,(H,18,20). The third-order valence-corrected chi connectivity index (χ3v) is 3.51. The summed E-state index contributed by atoms with van der Waals surface area (Å²) < 4.78 is 7.19. The monoisotopic (exact) mass is 287 g/mol. The minimum absolute atomic E-state index is 0.0904. The number of carbonyl (C=O) groups excluding carboxylic acids is 1. The molecule has 1 fully saturated rings. The second kappa shape index (κ2) is 6.34. The molecule has 0 aromatic carbocycles. The van der Waals surface area contributed by atoms with Crippen molar-refractivity contribution in [2.75, 3.05) is 11.9 Å². The van der Waals surface area contributed by atoms with Gasteiger partial charge in [0, 0.05) is 18.3 Å². The molecule has 1 aliphatic rings. The van der Waals surface area contributed by atoms with Crippen molar-refractivity contribution < 1.29 is 9.53 Å². The fraction of sp³-hybridized carbons (Fsp3) is 0.429. The second-order valence-corrected chi connectivity index (χ2v) is 4.98. The Bertz CT molecular complexity index is 592. The molecule has 110 valence electrons. The molecule has 2 heterocycles. The molecule has 2 aromatic heterocycles. The third kappa shape index (κ3) is 3.36. The Morgan fingerprint density at radius 1 is 1.33 bits per heavy atom. The summed E-state index contributed by atoms with van der Waals surface area (Å²) >= 11 is 0. The van der Waals surface area contributed by atoms with E-state index in [1.54, 1.807) is 24.5 Å². The van der Waals surface area contributed by atoms with Gasteiger partial charge in [0.25, 0.3) is 5.91 Å². The lowest BCUT2D eigenvalue weighted by Gasteiger charge is -2.14. The van der Waals surface area contributed by atoms with Crippen molar-refractivity contribution in [3.63, 3.8) is 0 Å². The molecular weight excluding hydrogens is 270 g/mol. The van der Waals surface area contributed by atoms with Crippen molar-refractivity contribution in [1.29, 1.82) is 0 Å². The topological polar surface area (TPSA) is 81.9 Å². The van der Waals surface area contributed by atoms with Crippen LogP contribution < -0.4 is 10.1 Å². The van der Waals surface area contributed by atoms with Gasteiger partial charge in [-0.2, -0.15) is 5.10 Å². The molecule has 0 bridgehead atoms. The minimum atomic E-state index is -0.228. The zero-order chi connectivity index (χ0) is 14.5. The molecule has 1 amide bonds. The van der Waals surface area contributed by atoms with Gasteiger partial charge >= 0.3 is 0 Å². The second-order valence-electron chi connectivity index (χ2n) is 4.98. The van der Waals surface area contributed by atoms with E-state index >= 15 is 0 Å². The number of anilines is 1. The van der Waals surface area contributed by atoms with Crippen LogP contribution in [0.25, 0.3) is 0 Å². The van der Waals surface area contributed by atoms with Crippen LogP contribution in [0.5, 0.6) is 5.88 Å². The smallest absolute Gasteiger partial charge is 0.263 e. The minimum Gasteiger partial charge on any atom is -0.467 e. The number of nitrogens with one attached hydrogen (secondary N) is 1. The Kier molecular flexibility index (Phi) is 4.09. The van der Waals surface area contributed by atoms with Gasteiger partial charge < -0.3 is 10.1 Å². The van der Waals surface area contributed by atoms with Crippen molar-refractivity contribution in [2.24, 2.45) is 0 Å². The summed E-state index contributed by atoms with van der Waals surface area (Å²) in [5.41, 5.74) is 0. The van der Waals surface area contributed by atoms with Crippen LogP contribution in [0.4, 0.5) is 5.82 Å². The summed E-state index contributed by atoms with van der Waals surface area (Å²) in [4.78, 5) is 19.6. The van der Waals surface area contributed by atoms with E-state index in [2.05, 4.69) is 20.4 Å². The maximum absolute atomic E-state index is 11.9. The van der Waals surface area contributed by atoms with E-state index in [-0.39, 0.29) is 12.5 Å². The van der Waals surface area contributed by atoms with E-state index in [9.17, 15) is 4.79 Å². The van der Waals surface area contributed by atoms with Crippen molar-refractivity contribution in [3.05, 3.63) is 30.9 Å². The maximum atomic E-state index is 11.9. The Hall–Kier alpha value is -2.44. The molecule has 1 aliphatic carbocycles. The summed E-state index contributed by atoms with van der Waals surface area (Å²) in [5, 5.41) is 7.14. The van der Waals surface area contributed by atoms with E-state index in [0.29, 0.717) is 11.9 Å². The molecule has 0 unspecified atom stereocenters. The quantitative estimate of drug-likeness (QED) is 0.906. The number of hydrogen-bond acceptors (Lipinski definition) is 5. The largest absolute Gasteiger partial charge is 0.467 e. The highest BCUT2D eigenvalue weighted by Crippen LogP contribution is 2.31. The van der Waals surface area contributed by atoms with Gasteiger partial charge in [-0.25, -0.2) is 14.6 Å². The molecule has 0 spiro atoms. The average molecular weight is 287 g/mol. The number of carbonyl (C=O) groups is 1. The van der Waals surface area contributed by atoms with Crippen LogP contribution in [0.3, 0.4) is 0 Å². The summed E-state index contributed by atoms with van der Waals surface area (Å²) in [6, 6.07) is 3.80. The van der Waals surface area contributed by atoms with E-state index in [0.717, 1.165) is 18.7 Å². The predicted octanol–water partition coefficient (Wildman–Crippen LogP) is 1.81. The van der Waals surface area contributed by atoms with Crippen LogP contribution in [0.15, 0.2) is 30.9 Å². The summed E-state index contributed by atoms with van der Waals surface area (Å²) in [5.74, 6) is 0.871. The van der Waals surface area contributed by atoms with Gasteiger partial charge in [-0.15, -0.1) is 0 Å². The van der Waals surface area contributed by atoms with Crippen LogP contribution in [0.1, 0.15) is 31.7 Å². The van der Waals surface area contributed by atoms with Gasteiger partial charge in [0.1, 0.15) is 12.1 Å². The molecular formula is C14H17N5O2. The van der Waals surface area contributed by atoms with Crippen LogP contribution in [0, 0.1) is 0 Å². The lowest BCUT2D eigenvalue weighted by molar-refractivity contribution is -0.118. The van der Waals surface area contributed by atoms with Crippen molar-refractivity contribution in [3.8, 4) is 5.88 Å². The molecule has 3 rings (SSSR count). The number of ether oxygens (including phenoxy) is 1. The van der Waals surface area contributed by atoms with Crippen molar-refractivity contribution in [1.82, 2.24) is 19.7 Å². The van der Waals surface area contributed by atoms with Gasteiger partial charge in [0.15, 0.2) is 6.61 Å². The Morgan fingerprint density at radius 3 is 2.95 bits per heavy atom. The van der Waals surface area contributed by atoms with Gasteiger partial charge in [0.05, 0.1) is 12.2 Å². The zero-order valence-corrected chi connectivity index (χ0v) is 11.6. The number of aromatic nitrogens is 4. The molecule has 0 saturated heterocycles. The first-order valence-corrected chi connectivity index (χ1v) is 7.05. The van der Waals surface area contributed by atoms with Crippen LogP contribution in [-0.2, 0) is 4.79 Å². The Morgan fingerprint density at radius 2 is 2.19 bits per heavy atom. The van der Waals surface area contributed by atoms with Gasteiger partial charge in [-0.1, -0.05) is 12.8 Å². The molecule has 0 atom stereocenters. The average Bonchev–Trinajstić information content (AvgIpc) is 3.17. The highest BCUT2D eigenvalue weighted by Gasteiger charge is 2.20. The SMILES string of the molecule is O=C(COc1ccncn1)Nc1ccnn1C1CCCC1. The number of amides is 1. The van der Waals surface area contributed by atoms with Crippen molar-refractivity contribution in [2.45, 2.75) is 31.7 Å². The summed E-state index contributed by atoms with van der Waals surface area (Å²) in [6.07, 6.45) is 9.31. The first-order valence-electron chi connectivity index (χ1n) is 7.05. The first kappa shape index (κ1) is 13.5. The zero-order valence-electron chi connectivity index (χ0n) is 11.6. The Labute approximate surface area is 122 Å². The maximum Gasteiger partial charge on any atom is 0.263 e. The van der Waals surface area contributed by atoms with E-state index in [1.165, 1.54) is 19.2 Å². The molecule has 1 N–H and O–H groups in total. The number of nitrogens with zero attached hydrogens (tertiary/aromatic N) is 4. The molecule has 0 radical (unpaired) electrons.